The van der Waals surface area contributed by atoms with Gasteiger partial charge >= 0.3 is 0 Å². The number of rotatable bonds is 1. The third-order valence-electron chi connectivity index (χ3n) is 1.49. The molecule has 0 nitrogen and oxygen atoms in total. The summed E-state index contributed by atoms with van der Waals surface area (Å²) in [5, 5.41) is -1.02. The van der Waals surface area contributed by atoms with Crippen LogP contribution >= 0.6 is 186 Å². The van der Waals surface area contributed by atoms with Gasteiger partial charge in [-0.3, -0.25) is 0 Å². The Labute approximate surface area is 218 Å². The van der Waals surface area contributed by atoms with Crippen LogP contribution in [0.5, 0.6) is 0 Å². The fraction of sp³-hybridized carbons (Fsp3) is 0.500. The molecule has 0 saturated carbocycles. The van der Waals surface area contributed by atoms with E-state index < -0.39 is 15.7 Å². The first-order chi connectivity index (χ1) is 10.2. The van der Waals surface area contributed by atoms with E-state index in [4.69, 9.17) is 186 Å². The van der Waals surface area contributed by atoms with Crippen LogP contribution in [0, 0.1) is 0 Å². The van der Waals surface area contributed by atoms with Gasteiger partial charge in [0.25, 0.3) is 0 Å². The lowest BCUT2D eigenvalue weighted by molar-refractivity contribution is 0.973. The predicted molar refractivity (Wildman–Crippen MR) is 119 cm³/mol. The zero-order valence-electron chi connectivity index (χ0n) is 10.0. The Morgan fingerprint density at radius 2 is 0.667 bits per heavy atom. The average Bonchev–Trinajstić information content (AvgIpc) is 2.32. The lowest BCUT2D eigenvalue weighted by Gasteiger charge is -2.26. The summed E-state index contributed by atoms with van der Waals surface area (Å²) in [6, 6.07) is 0. The molecule has 0 unspecified atom stereocenters. The Kier molecular flexibility index (Phi) is 14.5. The first-order valence-corrected chi connectivity index (χ1v) is 10.6. The van der Waals surface area contributed by atoms with Crippen LogP contribution < -0.4 is 0 Å². The van der Waals surface area contributed by atoms with Crippen molar-refractivity contribution in [1.29, 1.82) is 0 Å². The molecular formula is C8Cl16. The number of allylic oxidation sites excluding steroid dienone is 3. The fourth-order valence-electron chi connectivity index (χ4n) is 0.492. The molecular weight excluding hydrogens is 663 g/mol. The van der Waals surface area contributed by atoms with Gasteiger partial charge in [-0.2, -0.15) is 0 Å². The molecule has 0 aromatic carbocycles. The molecule has 24 heavy (non-hydrogen) atoms. The zero-order valence-corrected chi connectivity index (χ0v) is 22.1. The van der Waals surface area contributed by atoms with Crippen molar-refractivity contribution in [2.24, 2.45) is 0 Å². The molecule has 0 heterocycles. The van der Waals surface area contributed by atoms with E-state index in [2.05, 4.69) is 0 Å². The van der Waals surface area contributed by atoms with Crippen molar-refractivity contribution in [3.05, 3.63) is 19.6 Å². The molecule has 0 radical (unpaired) electrons. The van der Waals surface area contributed by atoms with Gasteiger partial charge in [0.15, 0.2) is 0 Å². The molecule has 16 heteroatoms. The van der Waals surface area contributed by atoms with Crippen LogP contribution in [0.1, 0.15) is 0 Å². The smallest absolute Gasteiger partial charge is 0.0904 e. The second-order valence-electron chi connectivity index (χ2n) is 3.27. The Bertz CT molecular complexity index is 456. The summed E-state index contributed by atoms with van der Waals surface area (Å²) < 4.78 is -8.10. The van der Waals surface area contributed by atoms with E-state index in [0.29, 0.717) is 0 Å². The summed E-state index contributed by atoms with van der Waals surface area (Å²) in [6.07, 6.45) is 0. The van der Waals surface area contributed by atoms with Crippen LogP contribution in [-0.4, -0.2) is 15.7 Å². The summed E-state index contributed by atoms with van der Waals surface area (Å²) in [4.78, 5) is 0. The minimum absolute atomic E-state index is 0.339. The van der Waals surface area contributed by atoms with Gasteiger partial charge in [-0.25, -0.2) is 0 Å². The maximum atomic E-state index is 5.57. The third-order valence-corrected chi connectivity index (χ3v) is 7.86. The van der Waals surface area contributed by atoms with Gasteiger partial charge in [0.1, 0.15) is 4.49 Å². The Morgan fingerprint density at radius 3 is 0.750 bits per heavy atom. The van der Waals surface area contributed by atoms with Crippen molar-refractivity contribution >= 4 is 186 Å². The maximum absolute atomic E-state index is 5.57. The molecule has 0 aromatic rings. The second kappa shape index (κ2) is 11.5. The number of hydrogen-bond acceptors (Lipinski definition) is 0. The van der Waals surface area contributed by atoms with Crippen molar-refractivity contribution < 1.29 is 0 Å². The van der Waals surface area contributed by atoms with Gasteiger partial charge in [0, 0.05) is 0 Å². The third kappa shape index (κ3) is 10.8. The Balaban J connectivity index is 0. The van der Waals surface area contributed by atoms with Gasteiger partial charge in [-0.1, -0.05) is 186 Å². The van der Waals surface area contributed by atoms with E-state index in [1.165, 1.54) is 0 Å². The summed E-state index contributed by atoms with van der Waals surface area (Å²) in [6.45, 7) is 0. The normalized spacial score (nSPS) is 14.5. The largest absolute Gasteiger partial charge is 0.228 e. The van der Waals surface area contributed by atoms with E-state index in [0.717, 1.165) is 0 Å². The van der Waals surface area contributed by atoms with Crippen LogP contribution in [0.2, 0.25) is 0 Å². The highest BCUT2D eigenvalue weighted by atomic mass is 35.6. The molecule has 0 aliphatic carbocycles. The quantitative estimate of drug-likeness (QED) is 0.245. The fourth-order valence-corrected chi connectivity index (χ4v) is 2.87. The maximum Gasteiger partial charge on any atom is 0.228 e. The SMILES string of the molecule is Cl/C(=C(/Cl)C(Cl)(Cl)Cl)C(Cl)(Cl)Cl.ClC(Cl)=C(Cl)C(Cl)(Cl)C(Cl)(Cl)Cl. The zero-order chi connectivity index (χ0) is 20.3. The molecule has 0 aliphatic rings. The second-order valence-corrected chi connectivity index (χ2v) is 13.5. The van der Waals surface area contributed by atoms with Crippen molar-refractivity contribution in [2.45, 2.75) is 15.7 Å². The number of halogens is 16. The molecule has 0 amide bonds. The van der Waals surface area contributed by atoms with Crippen LogP contribution in [0.15, 0.2) is 19.6 Å². The first kappa shape index (κ1) is 30.3. The summed E-state index contributed by atoms with van der Waals surface area (Å²) in [7, 11) is 0. The van der Waals surface area contributed by atoms with Crippen molar-refractivity contribution in [2.75, 3.05) is 0 Å². The van der Waals surface area contributed by atoms with Gasteiger partial charge in [-0.05, 0) is 0 Å². The molecule has 0 spiro atoms. The van der Waals surface area contributed by atoms with Crippen molar-refractivity contribution in [1.82, 2.24) is 0 Å². The highest BCUT2D eigenvalue weighted by Crippen LogP contribution is 2.53. The van der Waals surface area contributed by atoms with Crippen LogP contribution in [0.4, 0.5) is 0 Å². The Hall–Kier alpha value is 4.12. The minimum Gasteiger partial charge on any atom is -0.0904 e. The van der Waals surface area contributed by atoms with Gasteiger partial charge < -0.3 is 0 Å². The molecule has 0 bridgehead atoms. The summed E-state index contributed by atoms with van der Waals surface area (Å²) in [5.41, 5.74) is 0. The molecule has 0 atom stereocenters. The molecule has 0 saturated heterocycles. The summed E-state index contributed by atoms with van der Waals surface area (Å²) >= 11 is 86.6. The van der Waals surface area contributed by atoms with Crippen LogP contribution in [0.3, 0.4) is 0 Å². The molecule has 0 aromatic heterocycles. The Morgan fingerprint density at radius 1 is 0.417 bits per heavy atom. The van der Waals surface area contributed by atoms with E-state index in [1.807, 2.05) is 0 Å². The first-order valence-electron chi connectivity index (χ1n) is 4.52. The van der Waals surface area contributed by atoms with Crippen molar-refractivity contribution in [3.8, 4) is 0 Å². The van der Waals surface area contributed by atoms with Gasteiger partial charge in [0.2, 0.25) is 15.7 Å². The summed E-state index contributed by atoms with van der Waals surface area (Å²) in [5.74, 6) is 0. The highest BCUT2D eigenvalue weighted by molar-refractivity contribution is 6.79. The average molecular weight is 663 g/mol. The van der Waals surface area contributed by atoms with E-state index in [1.54, 1.807) is 0 Å². The van der Waals surface area contributed by atoms with Gasteiger partial charge in [-0.15, -0.1) is 0 Å². The molecule has 0 N–H and O–H groups in total. The van der Waals surface area contributed by atoms with E-state index >= 15 is 0 Å². The molecule has 144 valence electrons. The lowest BCUT2D eigenvalue weighted by atomic mass is 10.4. The standard InChI is InChI=1S/2C4Cl8/c5-1(2(6)7)3(8,9)4(10,11)12;5-1(3(7,8)9)2(6)4(10,11)12/b;2-1+. The van der Waals surface area contributed by atoms with Gasteiger partial charge in [0.05, 0.1) is 15.1 Å². The minimum atomic E-state index is -2.01. The molecule has 0 fully saturated rings. The predicted octanol–water partition coefficient (Wildman–Crippen LogP) is 10.8. The highest BCUT2D eigenvalue weighted by Gasteiger charge is 2.49. The topological polar surface area (TPSA) is 0 Å². The van der Waals surface area contributed by atoms with Crippen LogP contribution in [0.25, 0.3) is 0 Å². The molecule has 0 rings (SSSR count). The van der Waals surface area contributed by atoms with Crippen molar-refractivity contribution in [3.63, 3.8) is 0 Å². The monoisotopic (exact) mass is 656 g/mol. The van der Waals surface area contributed by atoms with E-state index in [9.17, 15) is 0 Å². The lowest BCUT2D eigenvalue weighted by Crippen LogP contribution is -2.31. The number of alkyl halides is 11. The number of hydrogen-bond donors (Lipinski definition) is 0. The van der Waals surface area contributed by atoms with E-state index in [-0.39, 0.29) is 19.6 Å². The van der Waals surface area contributed by atoms with Crippen LogP contribution in [-0.2, 0) is 0 Å². The molecule has 0 aliphatic heterocycles.